The molecule has 0 saturated carbocycles. The van der Waals surface area contributed by atoms with Gasteiger partial charge in [0.05, 0.1) is 9.40 Å². The van der Waals surface area contributed by atoms with Crippen molar-refractivity contribution in [2.75, 3.05) is 0 Å². The van der Waals surface area contributed by atoms with Gasteiger partial charge in [-0.2, -0.15) is 8.78 Å². The Morgan fingerprint density at radius 1 is 1.31 bits per heavy atom. The Labute approximate surface area is 78.4 Å². The number of nitro groups is 1. The van der Waals surface area contributed by atoms with Crippen LogP contribution < -0.4 is 0 Å². The SMILES string of the molecule is O=[N+]([O-])c1c(F)cc(Br)c(F)c1F. The molecule has 0 spiro atoms. The lowest BCUT2D eigenvalue weighted by Crippen LogP contribution is -2.00. The molecule has 13 heavy (non-hydrogen) atoms. The molecule has 0 aliphatic carbocycles. The van der Waals surface area contributed by atoms with E-state index in [-0.39, 0.29) is 0 Å². The predicted octanol–water partition coefficient (Wildman–Crippen LogP) is 2.77. The molecule has 1 aromatic carbocycles. The maximum absolute atomic E-state index is 12.7. The van der Waals surface area contributed by atoms with Crippen LogP contribution in [-0.4, -0.2) is 4.92 Å². The van der Waals surface area contributed by atoms with E-state index < -0.39 is 32.5 Å². The highest BCUT2D eigenvalue weighted by Gasteiger charge is 2.26. The van der Waals surface area contributed by atoms with Gasteiger partial charge in [-0.1, -0.05) is 0 Å². The van der Waals surface area contributed by atoms with E-state index in [9.17, 15) is 23.3 Å². The molecule has 0 aliphatic rings. The van der Waals surface area contributed by atoms with Gasteiger partial charge in [0.25, 0.3) is 0 Å². The van der Waals surface area contributed by atoms with Crippen LogP contribution in [0.3, 0.4) is 0 Å². The topological polar surface area (TPSA) is 43.1 Å². The zero-order valence-electron chi connectivity index (χ0n) is 5.85. The molecular formula is C6HBrF3NO2. The highest BCUT2D eigenvalue weighted by atomic mass is 79.9. The predicted molar refractivity (Wildman–Crippen MR) is 40.7 cm³/mol. The van der Waals surface area contributed by atoms with Gasteiger partial charge in [0.15, 0.2) is 5.82 Å². The Kier molecular flexibility index (Phi) is 2.55. The molecular weight excluding hydrogens is 255 g/mol. The molecule has 1 aromatic rings. The maximum atomic E-state index is 12.7. The molecule has 0 saturated heterocycles. The summed E-state index contributed by atoms with van der Waals surface area (Å²) < 4.78 is 37.5. The summed E-state index contributed by atoms with van der Waals surface area (Å²) in [6, 6.07) is 0.497. The number of benzene rings is 1. The largest absolute Gasteiger partial charge is 0.343 e. The van der Waals surface area contributed by atoms with E-state index in [1.54, 1.807) is 0 Å². The summed E-state index contributed by atoms with van der Waals surface area (Å²) in [5.41, 5.74) is -1.49. The molecule has 0 bridgehead atoms. The average molecular weight is 256 g/mol. The minimum absolute atomic E-state index is 0.492. The van der Waals surface area contributed by atoms with Crippen LogP contribution in [0.25, 0.3) is 0 Å². The smallest absolute Gasteiger partial charge is 0.258 e. The van der Waals surface area contributed by atoms with Gasteiger partial charge in [0.2, 0.25) is 11.6 Å². The lowest BCUT2D eigenvalue weighted by atomic mass is 10.3. The van der Waals surface area contributed by atoms with E-state index in [2.05, 4.69) is 15.9 Å². The fourth-order valence-electron chi connectivity index (χ4n) is 0.724. The summed E-state index contributed by atoms with van der Waals surface area (Å²) in [4.78, 5) is 8.73. The molecule has 0 aliphatic heterocycles. The van der Waals surface area contributed by atoms with Gasteiger partial charge in [-0.15, -0.1) is 0 Å². The Bertz CT molecular complexity index is 383. The molecule has 3 nitrogen and oxygen atoms in total. The van der Waals surface area contributed by atoms with Gasteiger partial charge in [0, 0.05) is 0 Å². The molecule has 0 heterocycles. The standard InChI is InChI=1S/C6HBrF3NO2/c7-2-1-3(8)6(11(12)13)5(10)4(2)9/h1H. The van der Waals surface area contributed by atoms with Crippen molar-refractivity contribution >= 4 is 21.6 Å². The molecule has 0 N–H and O–H groups in total. The van der Waals surface area contributed by atoms with Crippen molar-refractivity contribution in [1.82, 2.24) is 0 Å². The Morgan fingerprint density at radius 2 is 1.85 bits per heavy atom. The maximum Gasteiger partial charge on any atom is 0.343 e. The molecule has 70 valence electrons. The third kappa shape index (κ3) is 1.64. The summed E-state index contributed by atoms with van der Waals surface area (Å²) in [5.74, 6) is -4.71. The van der Waals surface area contributed by atoms with Crippen molar-refractivity contribution in [3.8, 4) is 0 Å². The fraction of sp³-hybridized carbons (Fsp3) is 0. The van der Waals surface area contributed by atoms with Crippen molar-refractivity contribution < 1.29 is 18.1 Å². The Morgan fingerprint density at radius 3 is 2.31 bits per heavy atom. The molecule has 1 rings (SSSR count). The van der Waals surface area contributed by atoms with Gasteiger partial charge >= 0.3 is 5.69 Å². The second-order valence-corrected chi connectivity index (χ2v) is 2.93. The van der Waals surface area contributed by atoms with Gasteiger partial charge < -0.3 is 0 Å². The minimum atomic E-state index is -1.81. The highest BCUT2D eigenvalue weighted by Crippen LogP contribution is 2.28. The lowest BCUT2D eigenvalue weighted by molar-refractivity contribution is -0.390. The van der Waals surface area contributed by atoms with Crippen LogP contribution in [-0.2, 0) is 0 Å². The molecule has 0 amide bonds. The van der Waals surface area contributed by atoms with Crippen molar-refractivity contribution in [3.63, 3.8) is 0 Å². The van der Waals surface area contributed by atoms with Crippen LogP contribution in [0.5, 0.6) is 0 Å². The van der Waals surface area contributed by atoms with E-state index >= 15 is 0 Å². The first-order valence-electron chi connectivity index (χ1n) is 2.92. The highest BCUT2D eigenvalue weighted by molar-refractivity contribution is 9.10. The number of halogens is 4. The fourth-order valence-corrected chi connectivity index (χ4v) is 1.10. The molecule has 0 aromatic heterocycles. The Balaban J connectivity index is 3.53. The van der Waals surface area contributed by atoms with Crippen molar-refractivity contribution in [2.45, 2.75) is 0 Å². The lowest BCUT2D eigenvalue weighted by Gasteiger charge is -1.98. The van der Waals surface area contributed by atoms with Crippen LogP contribution in [0.1, 0.15) is 0 Å². The van der Waals surface area contributed by atoms with E-state index in [1.165, 1.54) is 0 Å². The van der Waals surface area contributed by atoms with Crippen LogP contribution >= 0.6 is 15.9 Å². The zero-order chi connectivity index (χ0) is 10.2. The first-order chi connectivity index (χ1) is 5.95. The summed E-state index contributed by atoms with van der Waals surface area (Å²) in [7, 11) is 0. The van der Waals surface area contributed by atoms with Crippen LogP contribution in [0.4, 0.5) is 18.9 Å². The summed E-state index contributed by atoms with van der Waals surface area (Å²) in [6.07, 6.45) is 0. The second kappa shape index (κ2) is 3.33. The van der Waals surface area contributed by atoms with Crippen molar-refractivity contribution in [2.24, 2.45) is 0 Å². The summed E-state index contributed by atoms with van der Waals surface area (Å²) in [5, 5.41) is 10.0. The van der Waals surface area contributed by atoms with E-state index in [4.69, 9.17) is 0 Å². The molecule has 0 radical (unpaired) electrons. The van der Waals surface area contributed by atoms with Gasteiger partial charge in [-0.05, 0) is 22.0 Å². The third-order valence-corrected chi connectivity index (χ3v) is 1.85. The van der Waals surface area contributed by atoms with Gasteiger partial charge in [-0.3, -0.25) is 10.1 Å². The molecule has 7 heteroatoms. The van der Waals surface area contributed by atoms with Crippen LogP contribution in [0.2, 0.25) is 0 Å². The number of hydrogen-bond donors (Lipinski definition) is 0. The molecule has 0 fully saturated rings. The van der Waals surface area contributed by atoms with Gasteiger partial charge in [-0.25, -0.2) is 4.39 Å². The monoisotopic (exact) mass is 255 g/mol. The van der Waals surface area contributed by atoms with E-state index in [0.717, 1.165) is 0 Å². The number of nitro benzene ring substituents is 1. The second-order valence-electron chi connectivity index (χ2n) is 2.07. The quantitative estimate of drug-likeness (QED) is 0.335. The van der Waals surface area contributed by atoms with Crippen LogP contribution in [0.15, 0.2) is 10.5 Å². The Hall–Kier alpha value is -1.11. The zero-order valence-corrected chi connectivity index (χ0v) is 7.44. The third-order valence-electron chi connectivity index (χ3n) is 1.27. The minimum Gasteiger partial charge on any atom is -0.258 e. The first-order valence-corrected chi connectivity index (χ1v) is 3.72. The van der Waals surface area contributed by atoms with Gasteiger partial charge in [0.1, 0.15) is 0 Å². The summed E-state index contributed by atoms with van der Waals surface area (Å²) in [6.45, 7) is 0. The first kappa shape index (κ1) is 9.97. The number of hydrogen-bond acceptors (Lipinski definition) is 2. The molecule has 0 unspecified atom stereocenters. The average Bonchev–Trinajstić information content (AvgIpc) is 1.99. The number of rotatable bonds is 1. The summed E-state index contributed by atoms with van der Waals surface area (Å²) >= 11 is 2.50. The van der Waals surface area contributed by atoms with E-state index in [1.807, 2.05) is 0 Å². The molecule has 0 atom stereocenters. The number of nitrogens with zero attached hydrogens (tertiary/aromatic N) is 1. The normalized spacial score (nSPS) is 10.2. The van der Waals surface area contributed by atoms with Crippen LogP contribution in [0, 0.1) is 27.6 Å². The van der Waals surface area contributed by atoms with Crippen molar-refractivity contribution in [3.05, 3.63) is 38.1 Å². The van der Waals surface area contributed by atoms with Crippen molar-refractivity contribution in [1.29, 1.82) is 0 Å². The van der Waals surface area contributed by atoms with E-state index in [0.29, 0.717) is 6.07 Å².